The van der Waals surface area contributed by atoms with Crippen LogP contribution in [0.25, 0.3) is 0 Å². The Balaban J connectivity index is 1.70. The molecule has 2 aromatic rings. The van der Waals surface area contributed by atoms with Crippen LogP contribution in [-0.2, 0) is 19.6 Å². The fraction of sp³-hybridized carbons (Fsp3) is 0.481. The molecule has 1 heterocycles. The number of fused-ring (bicyclic) bond motifs is 1. The van der Waals surface area contributed by atoms with E-state index in [0.29, 0.717) is 16.3 Å². The van der Waals surface area contributed by atoms with Crippen molar-refractivity contribution in [3.8, 4) is 5.75 Å². The zero-order chi connectivity index (χ0) is 27.6. The highest BCUT2D eigenvalue weighted by Gasteiger charge is 2.35. The zero-order valence-corrected chi connectivity index (χ0v) is 23.6. The number of hydrogen-bond acceptors (Lipinski definition) is 6. The van der Waals surface area contributed by atoms with Crippen LogP contribution in [0.1, 0.15) is 37.0 Å². The summed E-state index contributed by atoms with van der Waals surface area (Å²) in [6.07, 6.45) is 1.32. The average molecular weight is 564 g/mol. The third kappa shape index (κ3) is 6.31. The highest BCUT2D eigenvalue weighted by Crippen LogP contribution is 2.32. The second-order valence-electron chi connectivity index (χ2n) is 10.1. The summed E-state index contributed by atoms with van der Waals surface area (Å²) in [6, 6.07) is 10.4. The third-order valence-electron chi connectivity index (χ3n) is 7.03. The molecule has 206 valence electrons. The number of carbonyl (C=O) groups excluding carboxylic acids is 2. The van der Waals surface area contributed by atoms with Crippen LogP contribution in [0, 0.1) is 11.8 Å². The lowest BCUT2D eigenvalue weighted by molar-refractivity contribution is -0.117. The van der Waals surface area contributed by atoms with Crippen molar-refractivity contribution in [3.05, 3.63) is 53.1 Å². The molecule has 1 aliphatic heterocycles. The van der Waals surface area contributed by atoms with Gasteiger partial charge in [0.15, 0.2) is 0 Å². The fourth-order valence-electron chi connectivity index (χ4n) is 4.48. The van der Waals surface area contributed by atoms with Gasteiger partial charge in [0, 0.05) is 49.9 Å². The topological polar surface area (TPSA) is 105 Å². The van der Waals surface area contributed by atoms with Crippen molar-refractivity contribution >= 4 is 39.1 Å². The molecule has 2 aromatic carbocycles. The quantitative estimate of drug-likeness (QED) is 0.592. The summed E-state index contributed by atoms with van der Waals surface area (Å²) in [4.78, 5) is 27.3. The molecule has 1 aliphatic carbocycles. The highest BCUT2D eigenvalue weighted by atomic mass is 35.5. The maximum atomic E-state index is 13.7. The Kier molecular flexibility index (Phi) is 8.66. The van der Waals surface area contributed by atoms with E-state index in [1.807, 2.05) is 6.92 Å². The molecule has 0 bridgehead atoms. The van der Waals surface area contributed by atoms with E-state index in [1.54, 1.807) is 56.3 Å². The van der Waals surface area contributed by atoms with Gasteiger partial charge in [0.25, 0.3) is 5.91 Å². The van der Waals surface area contributed by atoms with Gasteiger partial charge in [-0.1, -0.05) is 18.5 Å². The molecule has 4 rings (SSSR count). The fourth-order valence-corrected chi connectivity index (χ4v) is 6.33. The van der Waals surface area contributed by atoms with E-state index < -0.39 is 22.2 Å². The molecule has 0 radical (unpaired) electrons. The number of carbonyl (C=O) groups is 2. The predicted molar refractivity (Wildman–Crippen MR) is 145 cm³/mol. The summed E-state index contributed by atoms with van der Waals surface area (Å²) in [5.41, 5.74) is 0.837. The SMILES string of the molecule is CO[C@@H]1CN(C)C(=O)c2ccc(NC(=O)C3CC3)cc2OC[C@@H](C)N(S(=O)(=O)c2ccc(Cl)cc2)C[C@H]1C. The number of nitrogens with zero attached hydrogens (tertiary/aromatic N) is 2. The molecule has 2 amide bonds. The molecule has 1 fully saturated rings. The number of nitrogens with one attached hydrogen (secondary N) is 1. The number of methoxy groups -OCH3 is 1. The predicted octanol–water partition coefficient (Wildman–Crippen LogP) is 3.88. The minimum Gasteiger partial charge on any atom is -0.491 e. The molecule has 9 nitrogen and oxygen atoms in total. The monoisotopic (exact) mass is 563 g/mol. The van der Waals surface area contributed by atoms with E-state index in [0.717, 1.165) is 12.8 Å². The first-order valence-electron chi connectivity index (χ1n) is 12.6. The largest absolute Gasteiger partial charge is 0.491 e. The van der Waals surface area contributed by atoms with Crippen molar-refractivity contribution in [2.45, 2.75) is 43.7 Å². The smallest absolute Gasteiger partial charge is 0.257 e. The highest BCUT2D eigenvalue weighted by molar-refractivity contribution is 7.89. The van der Waals surface area contributed by atoms with Gasteiger partial charge in [-0.2, -0.15) is 4.31 Å². The van der Waals surface area contributed by atoms with Crippen LogP contribution in [0.2, 0.25) is 5.02 Å². The maximum Gasteiger partial charge on any atom is 0.257 e. The number of anilines is 1. The number of benzene rings is 2. The number of rotatable bonds is 5. The lowest BCUT2D eigenvalue weighted by Crippen LogP contribution is -2.48. The van der Waals surface area contributed by atoms with Crippen molar-refractivity contribution in [3.63, 3.8) is 0 Å². The Morgan fingerprint density at radius 3 is 2.42 bits per heavy atom. The number of likely N-dealkylation sites (N-methyl/N-ethyl adjacent to an activating group) is 1. The third-order valence-corrected chi connectivity index (χ3v) is 9.27. The number of amides is 2. The van der Waals surface area contributed by atoms with E-state index >= 15 is 0 Å². The van der Waals surface area contributed by atoms with Crippen LogP contribution in [0.4, 0.5) is 5.69 Å². The van der Waals surface area contributed by atoms with Crippen molar-refractivity contribution in [1.82, 2.24) is 9.21 Å². The Morgan fingerprint density at radius 1 is 1.11 bits per heavy atom. The summed E-state index contributed by atoms with van der Waals surface area (Å²) in [5.74, 6) is -0.267. The molecule has 2 aliphatic rings. The molecule has 0 aromatic heterocycles. The van der Waals surface area contributed by atoms with Gasteiger partial charge in [-0.25, -0.2) is 8.42 Å². The van der Waals surface area contributed by atoms with Gasteiger partial charge in [-0.3, -0.25) is 9.59 Å². The van der Waals surface area contributed by atoms with Crippen molar-refractivity contribution in [2.24, 2.45) is 11.8 Å². The van der Waals surface area contributed by atoms with E-state index in [4.69, 9.17) is 21.1 Å². The molecule has 11 heteroatoms. The molecule has 0 saturated heterocycles. The molecular weight excluding hydrogens is 530 g/mol. The van der Waals surface area contributed by atoms with E-state index in [2.05, 4.69) is 5.32 Å². The summed E-state index contributed by atoms with van der Waals surface area (Å²) in [5, 5.41) is 3.32. The minimum absolute atomic E-state index is 0.0127. The molecule has 38 heavy (non-hydrogen) atoms. The van der Waals surface area contributed by atoms with E-state index in [1.165, 1.54) is 16.4 Å². The molecule has 0 unspecified atom stereocenters. The van der Waals surface area contributed by atoms with Gasteiger partial charge in [-0.15, -0.1) is 0 Å². The van der Waals surface area contributed by atoms with Crippen molar-refractivity contribution in [1.29, 1.82) is 0 Å². The molecule has 1 saturated carbocycles. The zero-order valence-electron chi connectivity index (χ0n) is 22.0. The summed E-state index contributed by atoms with van der Waals surface area (Å²) < 4.78 is 40.7. The molecule has 1 N–H and O–H groups in total. The van der Waals surface area contributed by atoms with Crippen LogP contribution >= 0.6 is 11.6 Å². The van der Waals surface area contributed by atoms with Gasteiger partial charge < -0.3 is 19.7 Å². The Hall–Kier alpha value is -2.66. The van der Waals surface area contributed by atoms with Crippen LogP contribution in [0.15, 0.2) is 47.4 Å². The summed E-state index contributed by atoms with van der Waals surface area (Å²) in [7, 11) is -0.683. The van der Waals surface area contributed by atoms with Gasteiger partial charge in [0.05, 0.1) is 22.6 Å². The molecule has 0 spiro atoms. The average Bonchev–Trinajstić information content (AvgIpc) is 3.74. The maximum absolute atomic E-state index is 13.7. The number of halogens is 1. The summed E-state index contributed by atoms with van der Waals surface area (Å²) in [6.45, 7) is 4.06. The first-order chi connectivity index (χ1) is 18.0. The second-order valence-corrected chi connectivity index (χ2v) is 12.4. The number of hydrogen-bond donors (Lipinski definition) is 1. The molecular formula is C27H34ClN3O6S. The standard InChI is InChI=1S/C27H34ClN3O6S/c1-17-14-31(38(34,35)22-10-7-20(28)8-11-22)18(2)16-37-24-13-21(29-26(32)19-5-6-19)9-12-23(24)27(33)30(3)15-25(17)36-4/h7-13,17-19,25H,5-6,14-16H2,1-4H3,(H,29,32)/t17-,18-,25-/m1/s1. The van der Waals surface area contributed by atoms with E-state index in [-0.39, 0.29) is 54.0 Å². The van der Waals surface area contributed by atoms with Crippen LogP contribution < -0.4 is 10.1 Å². The summed E-state index contributed by atoms with van der Waals surface area (Å²) >= 11 is 5.99. The normalized spacial score (nSPS) is 23.6. The van der Waals surface area contributed by atoms with E-state index in [9.17, 15) is 18.0 Å². The number of ether oxygens (including phenoxy) is 2. The Morgan fingerprint density at radius 2 is 1.79 bits per heavy atom. The first-order valence-corrected chi connectivity index (χ1v) is 14.5. The van der Waals surface area contributed by atoms with Crippen LogP contribution in [0.5, 0.6) is 5.75 Å². The van der Waals surface area contributed by atoms with Gasteiger partial charge in [0.1, 0.15) is 12.4 Å². The lowest BCUT2D eigenvalue weighted by atomic mass is 10.0. The van der Waals surface area contributed by atoms with Crippen LogP contribution in [-0.4, -0.2) is 75.4 Å². The van der Waals surface area contributed by atoms with Crippen molar-refractivity contribution < 1.29 is 27.5 Å². The second kappa shape index (κ2) is 11.6. The Bertz CT molecular complexity index is 1280. The molecule has 3 atom stereocenters. The first kappa shape index (κ1) is 28.4. The Labute approximate surface area is 229 Å². The van der Waals surface area contributed by atoms with Crippen molar-refractivity contribution in [2.75, 3.05) is 39.2 Å². The lowest BCUT2D eigenvalue weighted by Gasteiger charge is -2.35. The van der Waals surface area contributed by atoms with Gasteiger partial charge in [-0.05, 0) is 62.1 Å². The minimum atomic E-state index is -3.91. The van der Waals surface area contributed by atoms with Gasteiger partial charge >= 0.3 is 0 Å². The van der Waals surface area contributed by atoms with Gasteiger partial charge in [0.2, 0.25) is 15.9 Å². The van der Waals surface area contributed by atoms with Crippen LogP contribution in [0.3, 0.4) is 0 Å². The number of sulfonamides is 1.